The van der Waals surface area contributed by atoms with Crippen LogP contribution in [0.1, 0.15) is 31.8 Å². The van der Waals surface area contributed by atoms with Gasteiger partial charge < -0.3 is 20.9 Å². The van der Waals surface area contributed by atoms with Crippen LogP contribution in [0.25, 0.3) is 0 Å². The molecule has 0 spiro atoms. The third-order valence-corrected chi connectivity index (χ3v) is 4.63. The Kier molecular flexibility index (Phi) is 5.04. The van der Waals surface area contributed by atoms with Crippen molar-refractivity contribution in [2.24, 2.45) is 23.2 Å². The standard InChI is InChI=1S/C18H18N6O6/c1-29-9-5-3-7(23(21)17(19)27)11-13(9)16(26)14-10(30-2)6-4-8(12(14)15(11)25)24(22)18(20)28/h3-6H,21-22H2,1-2H3,(H2,19,27)(H2,20,28). The number of anilines is 2. The summed E-state index contributed by atoms with van der Waals surface area (Å²) in [7, 11) is 2.61. The smallest absolute Gasteiger partial charge is 0.333 e. The van der Waals surface area contributed by atoms with Crippen molar-refractivity contribution in [1.82, 2.24) is 0 Å². The number of urea groups is 2. The number of fused-ring (bicyclic) bond motifs is 2. The summed E-state index contributed by atoms with van der Waals surface area (Å²) < 4.78 is 10.5. The maximum Gasteiger partial charge on any atom is 0.333 e. The maximum absolute atomic E-state index is 13.6. The number of hydrazine groups is 2. The zero-order valence-corrected chi connectivity index (χ0v) is 16.0. The molecule has 2 aromatic rings. The van der Waals surface area contributed by atoms with Crippen LogP contribution in [-0.2, 0) is 0 Å². The fourth-order valence-electron chi connectivity index (χ4n) is 3.28. The summed E-state index contributed by atoms with van der Waals surface area (Å²) >= 11 is 0. The van der Waals surface area contributed by atoms with Crippen LogP contribution in [0.15, 0.2) is 24.3 Å². The van der Waals surface area contributed by atoms with Gasteiger partial charge >= 0.3 is 12.1 Å². The summed E-state index contributed by atoms with van der Waals surface area (Å²) in [6.45, 7) is 0. The maximum atomic E-state index is 13.6. The summed E-state index contributed by atoms with van der Waals surface area (Å²) in [4.78, 5) is 50.2. The lowest BCUT2D eigenvalue weighted by molar-refractivity contribution is 0.0974. The SMILES string of the molecule is COc1ccc(N(N)C(N)=O)c2c1C(=O)c1c(OC)ccc(N(N)C(N)=O)c1C2=O. The first-order valence-corrected chi connectivity index (χ1v) is 8.35. The first-order valence-electron chi connectivity index (χ1n) is 8.35. The normalized spacial score (nSPS) is 12.0. The van der Waals surface area contributed by atoms with Crippen molar-refractivity contribution in [3.63, 3.8) is 0 Å². The van der Waals surface area contributed by atoms with Gasteiger partial charge in [-0.1, -0.05) is 0 Å². The average molecular weight is 414 g/mol. The molecule has 12 nitrogen and oxygen atoms in total. The Bertz CT molecular complexity index is 1030. The Hall–Kier alpha value is -4.16. The van der Waals surface area contributed by atoms with E-state index in [1.165, 1.54) is 38.5 Å². The van der Waals surface area contributed by atoms with Gasteiger partial charge in [0.15, 0.2) is 5.78 Å². The average Bonchev–Trinajstić information content (AvgIpc) is 2.73. The van der Waals surface area contributed by atoms with Crippen LogP contribution >= 0.6 is 0 Å². The minimum Gasteiger partial charge on any atom is -0.496 e. The molecule has 0 radical (unpaired) electrons. The van der Waals surface area contributed by atoms with Crippen molar-refractivity contribution >= 4 is 35.0 Å². The van der Waals surface area contributed by atoms with E-state index in [1.54, 1.807) is 0 Å². The Morgan fingerprint density at radius 1 is 0.700 bits per heavy atom. The molecule has 0 bridgehead atoms. The molecule has 0 aliphatic heterocycles. The highest BCUT2D eigenvalue weighted by Crippen LogP contribution is 2.43. The van der Waals surface area contributed by atoms with E-state index in [9.17, 15) is 19.2 Å². The van der Waals surface area contributed by atoms with Crippen LogP contribution < -0.4 is 42.6 Å². The molecule has 0 atom stereocenters. The van der Waals surface area contributed by atoms with Crippen molar-refractivity contribution < 1.29 is 28.7 Å². The second-order valence-corrected chi connectivity index (χ2v) is 6.15. The zero-order chi connectivity index (χ0) is 22.3. The molecule has 1 aliphatic carbocycles. The number of nitrogens with zero attached hydrogens (tertiary/aromatic N) is 2. The van der Waals surface area contributed by atoms with Gasteiger partial charge in [0, 0.05) is 0 Å². The van der Waals surface area contributed by atoms with E-state index >= 15 is 0 Å². The third-order valence-electron chi connectivity index (χ3n) is 4.63. The fraction of sp³-hybridized carbons (Fsp3) is 0.111. The molecule has 0 heterocycles. The minimum atomic E-state index is -1.07. The molecule has 0 saturated carbocycles. The predicted molar refractivity (Wildman–Crippen MR) is 105 cm³/mol. The Morgan fingerprint density at radius 2 is 1.03 bits per heavy atom. The molecule has 156 valence electrons. The summed E-state index contributed by atoms with van der Waals surface area (Å²) in [6, 6.07) is 3.18. The summed E-state index contributed by atoms with van der Waals surface area (Å²) in [5, 5.41) is 1.03. The van der Waals surface area contributed by atoms with E-state index in [1.807, 2.05) is 0 Å². The van der Waals surface area contributed by atoms with Gasteiger partial charge in [-0.25, -0.2) is 31.3 Å². The highest BCUT2D eigenvalue weighted by Gasteiger charge is 2.40. The number of hydrogen-bond acceptors (Lipinski definition) is 8. The number of nitrogens with two attached hydrogens (primary N) is 4. The molecule has 0 unspecified atom stereocenters. The number of ether oxygens (including phenoxy) is 2. The van der Waals surface area contributed by atoms with Crippen LogP contribution in [-0.4, -0.2) is 37.8 Å². The summed E-state index contributed by atoms with van der Waals surface area (Å²) in [5.41, 5.74) is 9.39. The number of rotatable bonds is 4. The summed E-state index contributed by atoms with van der Waals surface area (Å²) in [5.74, 6) is 10.1. The monoisotopic (exact) mass is 414 g/mol. The third kappa shape index (κ3) is 2.87. The molecule has 2 aromatic carbocycles. The van der Waals surface area contributed by atoms with E-state index in [0.717, 1.165) is 0 Å². The molecule has 0 fully saturated rings. The lowest BCUT2D eigenvalue weighted by Crippen LogP contribution is -2.44. The minimum absolute atomic E-state index is 0.0579. The predicted octanol–water partition coefficient (Wildman–Crippen LogP) is -0.00320. The molecule has 12 heteroatoms. The van der Waals surface area contributed by atoms with Gasteiger partial charge in [-0.2, -0.15) is 0 Å². The van der Waals surface area contributed by atoms with Gasteiger partial charge in [-0.05, 0) is 24.3 Å². The zero-order valence-electron chi connectivity index (χ0n) is 16.0. The number of benzene rings is 2. The van der Waals surface area contributed by atoms with E-state index in [0.29, 0.717) is 10.0 Å². The van der Waals surface area contributed by atoms with Crippen LogP contribution in [0.2, 0.25) is 0 Å². The van der Waals surface area contributed by atoms with Crippen LogP contribution in [0.3, 0.4) is 0 Å². The van der Waals surface area contributed by atoms with E-state index < -0.39 is 23.6 Å². The molecule has 8 N–H and O–H groups in total. The van der Waals surface area contributed by atoms with Gasteiger partial charge in [0.1, 0.15) is 11.5 Å². The van der Waals surface area contributed by atoms with Gasteiger partial charge in [-0.3, -0.25) is 9.59 Å². The van der Waals surface area contributed by atoms with Crippen LogP contribution in [0.4, 0.5) is 21.0 Å². The molecular formula is C18H18N6O6. The lowest BCUT2D eigenvalue weighted by atomic mass is 9.81. The Morgan fingerprint density at radius 3 is 1.33 bits per heavy atom. The van der Waals surface area contributed by atoms with Crippen LogP contribution in [0, 0.1) is 0 Å². The number of ketones is 2. The largest absolute Gasteiger partial charge is 0.496 e. The number of methoxy groups -OCH3 is 2. The van der Waals surface area contributed by atoms with E-state index in [4.69, 9.17) is 32.6 Å². The second kappa shape index (κ2) is 7.35. The molecule has 3 rings (SSSR count). The number of carbonyl (C=O) groups excluding carboxylic acids is 4. The number of hydrogen-bond donors (Lipinski definition) is 4. The first kappa shape index (κ1) is 20.6. The van der Waals surface area contributed by atoms with Crippen molar-refractivity contribution in [2.75, 3.05) is 24.2 Å². The molecule has 0 aromatic heterocycles. The van der Waals surface area contributed by atoms with Gasteiger partial charge in [-0.15, -0.1) is 0 Å². The summed E-state index contributed by atoms with van der Waals surface area (Å²) in [6.07, 6.45) is 0. The lowest BCUT2D eigenvalue weighted by Gasteiger charge is -2.28. The quantitative estimate of drug-likeness (QED) is 0.260. The van der Waals surface area contributed by atoms with Crippen molar-refractivity contribution in [3.05, 3.63) is 46.5 Å². The van der Waals surface area contributed by atoms with Gasteiger partial charge in [0.05, 0.1) is 47.8 Å². The van der Waals surface area contributed by atoms with Crippen molar-refractivity contribution in [3.8, 4) is 11.5 Å². The van der Waals surface area contributed by atoms with E-state index in [2.05, 4.69) is 0 Å². The number of carbonyl (C=O) groups is 4. The Labute approximate surface area is 169 Å². The highest BCUT2D eigenvalue weighted by atomic mass is 16.5. The van der Waals surface area contributed by atoms with Gasteiger partial charge in [0.25, 0.3) is 0 Å². The highest BCUT2D eigenvalue weighted by molar-refractivity contribution is 6.34. The molecule has 30 heavy (non-hydrogen) atoms. The number of amides is 4. The van der Waals surface area contributed by atoms with E-state index in [-0.39, 0.29) is 45.1 Å². The fourth-order valence-corrected chi connectivity index (χ4v) is 3.28. The topological polar surface area (TPSA) is 197 Å². The number of primary amides is 2. The molecule has 0 saturated heterocycles. The molecule has 1 aliphatic rings. The van der Waals surface area contributed by atoms with Crippen molar-refractivity contribution in [1.29, 1.82) is 0 Å². The molecular weight excluding hydrogens is 396 g/mol. The second-order valence-electron chi connectivity index (χ2n) is 6.15. The molecule has 4 amide bonds. The van der Waals surface area contributed by atoms with Gasteiger partial charge in [0.2, 0.25) is 5.78 Å². The van der Waals surface area contributed by atoms with Crippen molar-refractivity contribution in [2.45, 2.75) is 0 Å². The Balaban J connectivity index is 2.44. The first-order chi connectivity index (χ1) is 14.1. The van der Waals surface area contributed by atoms with Crippen LogP contribution in [0.5, 0.6) is 11.5 Å².